The van der Waals surface area contributed by atoms with Gasteiger partial charge in [-0.2, -0.15) is 0 Å². The van der Waals surface area contributed by atoms with Crippen molar-refractivity contribution in [2.24, 2.45) is 0 Å². The molecule has 0 saturated carbocycles. The SMILES string of the molecule is Cc1cccc(NC(=O)c2cc(C(=O)NCCCN(C)C)ccn2)c1. The van der Waals surface area contributed by atoms with Gasteiger partial charge in [-0.05, 0) is 63.8 Å². The van der Waals surface area contributed by atoms with Gasteiger partial charge < -0.3 is 15.5 Å². The Morgan fingerprint density at radius 3 is 2.64 bits per heavy atom. The van der Waals surface area contributed by atoms with Crippen LogP contribution < -0.4 is 10.6 Å². The molecular formula is C19H24N4O2. The fourth-order valence-electron chi connectivity index (χ4n) is 2.31. The minimum Gasteiger partial charge on any atom is -0.352 e. The second-order valence-corrected chi connectivity index (χ2v) is 6.17. The molecule has 0 radical (unpaired) electrons. The van der Waals surface area contributed by atoms with Crippen LogP contribution in [0.3, 0.4) is 0 Å². The molecule has 0 fully saturated rings. The highest BCUT2D eigenvalue weighted by Gasteiger charge is 2.12. The first-order valence-electron chi connectivity index (χ1n) is 8.22. The zero-order chi connectivity index (χ0) is 18.2. The second-order valence-electron chi connectivity index (χ2n) is 6.17. The zero-order valence-corrected chi connectivity index (χ0v) is 14.9. The smallest absolute Gasteiger partial charge is 0.274 e. The van der Waals surface area contributed by atoms with E-state index in [-0.39, 0.29) is 17.5 Å². The first-order valence-corrected chi connectivity index (χ1v) is 8.22. The first kappa shape index (κ1) is 18.6. The summed E-state index contributed by atoms with van der Waals surface area (Å²) in [6.45, 7) is 3.44. The van der Waals surface area contributed by atoms with Gasteiger partial charge in [0.2, 0.25) is 0 Å². The number of nitrogens with one attached hydrogen (secondary N) is 2. The lowest BCUT2D eigenvalue weighted by atomic mass is 10.2. The van der Waals surface area contributed by atoms with E-state index in [1.807, 2.05) is 45.3 Å². The Balaban J connectivity index is 1.97. The molecule has 0 bridgehead atoms. The van der Waals surface area contributed by atoms with Crippen LogP contribution >= 0.6 is 0 Å². The lowest BCUT2D eigenvalue weighted by molar-refractivity contribution is 0.0952. The highest BCUT2D eigenvalue weighted by Crippen LogP contribution is 2.11. The number of hydrogen-bond donors (Lipinski definition) is 2. The predicted molar refractivity (Wildman–Crippen MR) is 98.9 cm³/mol. The molecule has 2 N–H and O–H groups in total. The van der Waals surface area contributed by atoms with E-state index < -0.39 is 0 Å². The molecule has 0 unspecified atom stereocenters. The zero-order valence-electron chi connectivity index (χ0n) is 14.9. The summed E-state index contributed by atoms with van der Waals surface area (Å²) in [5.74, 6) is -0.543. The summed E-state index contributed by atoms with van der Waals surface area (Å²) in [6, 6.07) is 10.6. The quantitative estimate of drug-likeness (QED) is 0.759. The van der Waals surface area contributed by atoms with Gasteiger partial charge in [-0.25, -0.2) is 0 Å². The first-order chi connectivity index (χ1) is 12.0. The molecule has 6 heteroatoms. The van der Waals surface area contributed by atoms with Gasteiger partial charge in [0.15, 0.2) is 0 Å². The monoisotopic (exact) mass is 340 g/mol. The van der Waals surface area contributed by atoms with Crippen LogP contribution in [0.25, 0.3) is 0 Å². The van der Waals surface area contributed by atoms with E-state index >= 15 is 0 Å². The van der Waals surface area contributed by atoms with Crippen LogP contribution in [-0.2, 0) is 0 Å². The third kappa shape index (κ3) is 6.00. The number of aromatic nitrogens is 1. The number of amides is 2. The minimum absolute atomic E-state index is 0.203. The molecule has 25 heavy (non-hydrogen) atoms. The fraction of sp³-hybridized carbons (Fsp3) is 0.316. The van der Waals surface area contributed by atoms with Crippen LogP contribution in [0, 0.1) is 6.92 Å². The lowest BCUT2D eigenvalue weighted by Gasteiger charge is -2.10. The van der Waals surface area contributed by atoms with Gasteiger partial charge in [-0.3, -0.25) is 14.6 Å². The molecule has 0 atom stereocenters. The van der Waals surface area contributed by atoms with Gasteiger partial charge >= 0.3 is 0 Å². The van der Waals surface area contributed by atoms with Crippen molar-refractivity contribution in [1.29, 1.82) is 0 Å². The number of pyridine rings is 1. The van der Waals surface area contributed by atoms with Crippen LogP contribution in [0.4, 0.5) is 5.69 Å². The van der Waals surface area contributed by atoms with Crippen molar-refractivity contribution in [2.45, 2.75) is 13.3 Å². The molecule has 1 aromatic heterocycles. The topological polar surface area (TPSA) is 74.3 Å². The summed E-state index contributed by atoms with van der Waals surface area (Å²) < 4.78 is 0. The number of nitrogens with zero attached hydrogens (tertiary/aromatic N) is 2. The number of benzene rings is 1. The van der Waals surface area contributed by atoms with Crippen LogP contribution in [0.1, 0.15) is 32.8 Å². The highest BCUT2D eigenvalue weighted by molar-refractivity contribution is 6.04. The van der Waals surface area contributed by atoms with Gasteiger partial charge in [0.05, 0.1) is 0 Å². The summed E-state index contributed by atoms with van der Waals surface area (Å²) >= 11 is 0. The summed E-state index contributed by atoms with van der Waals surface area (Å²) in [7, 11) is 3.98. The summed E-state index contributed by atoms with van der Waals surface area (Å²) in [4.78, 5) is 30.6. The largest absolute Gasteiger partial charge is 0.352 e. The standard InChI is InChI=1S/C19H24N4O2/c1-14-6-4-7-16(12-14)22-19(25)17-13-15(8-10-20-17)18(24)21-9-5-11-23(2)3/h4,6-8,10,12-13H,5,9,11H2,1-3H3,(H,21,24)(H,22,25). The van der Waals surface area contributed by atoms with Crippen molar-refractivity contribution < 1.29 is 9.59 Å². The van der Waals surface area contributed by atoms with Gasteiger partial charge in [0, 0.05) is 24.0 Å². The maximum absolute atomic E-state index is 12.3. The molecule has 6 nitrogen and oxygen atoms in total. The average molecular weight is 340 g/mol. The fourth-order valence-corrected chi connectivity index (χ4v) is 2.31. The van der Waals surface area contributed by atoms with E-state index in [1.54, 1.807) is 6.07 Å². The van der Waals surface area contributed by atoms with Gasteiger partial charge in [-0.15, -0.1) is 0 Å². The Kier molecular flexibility index (Phi) is 6.65. The van der Waals surface area contributed by atoms with E-state index in [4.69, 9.17) is 0 Å². The third-order valence-electron chi connectivity index (χ3n) is 3.60. The maximum Gasteiger partial charge on any atom is 0.274 e. The lowest BCUT2D eigenvalue weighted by Crippen LogP contribution is -2.27. The highest BCUT2D eigenvalue weighted by atomic mass is 16.2. The van der Waals surface area contributed by atoms with E-state index in [2.05, 4.69) is 20.5 Å². The number of hydrogen-bond acceptors (Lipinski definition) is 4. The second kappa shape index (κ2) is 8.94. The van der Waals surface area contributed by atoms with Crippen LogP contribution in [0.15, 0.2) is 42.6 Å². The normalized spacial score (nSPS) is 10.6. The van der Waals surface area contributed by atoms with Gasteiger partial charge in [-0.1, -0.05) is 12.1 Å². The van der Waals surface area contributed by atoms with E-state index in [0.29, 0.717) is 17.8 Å². The number of carbonyl (C=O) groups excluding carboxylic acids is 2. The predicted octanol–water partition coefficient (Wildman–Crippen LogP) is 2.32. The molecule has 2 aromatic rings. The Morgan fingerprint density at radius 1 is 1.12 bits per heavy atom. The van der Waals surface area contributed by atoms with Crippen molar-refractivity contribution in [2.75, 3.05) is 32.5 Å². The van der Waals surface area contributed by atoms with Crippen molar-refractivity contribution in [3.63, 3.8) is 0 Å². The van der Waals surface area contributed by atoms with Crippen molar-refractivity contribution in [3.8, 4) is 0 Å². The molecule has 0 aliphatic rings. The van der Waals surface area contributed by atoms with Gasteiger partial charge in [0.25, 0.3) is 11.8 Å². The molecule has 2 rings (SSSR count). The molecule has 1 heterocycles. The summed E-state index contributed by atoms with van der Waals surface area (Å²) in [6.07, 6.45) is 2.34. The number of carbonyl (C=O) groups is 2. The van der Waals surface area contributed by atoms with Crippen LogP contribution in [-0.4, -0.2) is 48.9 Å². The van der Waals surface area contributed by atoms with E-state index in [9.17, 15) is 9.59 Å². The third-order valence-corrected chi connectivity index (χ3v) is 3.60. The molecular weight excluding hydrogens is 316 g/mol. The summed E-state index contributed by atoms with van der Waals surface area (Å²) in [5.41, 5.74) is 2.39. The van der Waals surface area contributed by atoms with Crippen molar-refractivity contribution in [3.05, 3.63) is 59.4 Å². The summed E-state index contributed by atoms with van der Waals surface area (Å²) in [5, 5.41) is 5.64. The maximum atomic E-state index is 12.3. The van der Waals surface area contributed by atoms with Crippen molar-refractivity contribution >= 4 is 17.5 Å². The Bertz CT molecular complexity index is 744. The molecule has 2 amide bonds. The van der Waals surface area contributed by atoms with Gasteiger partial charge in [0.1, 0.15) is 5.69 Å². The molecule has 1 aromatic carbocycles. The molecule has 0 spiro atoms. The van der Waals surface area contributed by atoms with Crippen molar-refractivity contribution in [1.82, 2.24) is 15.2 Å². The minimum atomic E-state index is -0.340. The Hall–Kier alpha value is -2.73. The number of aryl methyl sites for hydroxylation is 1. The number of anilines is 1. The van der Waals surface area contributed by atoms with E-state index in [0.717, 1.165) is 18.5 Å². The van der Waals surface area contributed by atoms with Crippen LogP contribution in [0.2, 0.25) is 0 Å². The molecule has 0 aliphatic carbocycles. The molecule has 0 saturated heterocycles. The van der Waals surface area contributed by atoms with E-state index in [1.165, 1.54) is 12.3 Å². The Morgan fingerprint density at radius 2 is 1.92 bits per heavy atom. The molecule has 0 aliphatic heterocycles. The van der Waals surface area contributed by atoms with Crippen LogP contribution in [0.5, 0.6) is 0 Å². The Labute approximate surface area is 148 Å². The number of rotatable bonds is 7. The average Bonchev–Trinajstić information content (AvgIpc) is 2.58. The molecule has 132 valence electrons.